The van der Waals surface area contributed by atoms with E-state index in [4.69, 9.17) is 20.9 Å². The van der Waals surface area contributed by atoms with Gasteiger partial charge in [0.25, 0.3) is 0 Å². The lowest BCUT2D eigenvalue weighted by molar-refractivity contribution is 0.215. The highest BCUT2D eigenvalue weighted by Gasteiger charge is 2.40. The van der Waals surface area contributed by atoms with Crippen LogP contribution in [0.25, 0.3) is 0 Å². The number of halogens is 1. The van der Waals surface area contributed by atoms with Crippen molar-refractivity contribution in [1.82, 2.24) is 0 Å². The Morgan fingerprint density at radius 2 is 1.75 bits per heavy atom. The summed E-state index contributed by atoms with van der Waals surface area (Å²) in [6, 6.07) is 4.06. The molecule has 1 heterocycles. The van der Waals surface area contributed by atoms with Crippen LogP contribution >= 0.6 is 11.6 Å². The molecule has 1 atom stereocenters. The highest BCUT2D eigenvalue weighted by molar-refractivity contribution is 6.65. The Morgan fingerprint density at radius 1 is 1.08 bits per heavy atom. The van der Waals surface area contributed by atoms with Crippen molar-refractivity contribution in [2.24, 2.45) is 10.8 Å². The summed E-state index contributed by atoms with van der Waals surface area (Å²) < 4.78 is 12.1. The van der Waals surface area contributed by atoms with Gasteiger partial charge in [0.05, 0.1) is 12.7 Å². The summed E-state index contributed by atoms with van der Waals surface area (Å²) in [5, 5.41) is 0.707. The van der Waals surface area contributed by atoms with Crippen molar-refractivity contribution in [3.63, 3.8) is 0 Å². The minimum atomic E-state index is -0.394. The van der Waals surface area contributed by atoms with Crippen LogP contribution < -0.4 is 5.46 Å². The highest BCUT2D eigenvalue weighted by Crippen LogP contribution is 2.45. The van der Waals surface area contributed by atoms with Crippen molar-refractivity contribution in [2.75, 3.05) is 6.61 Å². The van der Waals surface area contributed by atoms with Crippen LogP contribution in [0, 0.1) is 24.7 Å². The summed E-state index contributed by atoms with van der Waals surface area (Å²) in [5.74, 6) is 0. The molecule has 1 aliphatic carbocycles. The number of hydrogen-bond acceptors (Lipinski definition) is 2. The van der Waals surface area contributed by atoms with Crippen molar-refractivity contribution in [2.45, 2.75) is 47.6 Å². The van der Waals surface area contributed by atoms with Gasteiger partial charge in [0.15, 0.2) is 0 Å². The molecule has 2 aliphatic rings. The van der Waals surface area contributed by atoms with E-state index in [1.54, 1.807) is 0 Å². The Balaban J connectivity index is 1.81. The summed E-state index contributed by atoms with van der Waals surface area (Å²) in [6.07, 6.45) is 6.75. The van der Waals surface area contributed by atoms with E-state index in [0.717, 1.165) is 5.46 Å². The topological polar surface area (TPSA) is 18.5 Å². The second-order valence-corrected chi connectivity index (χ2v) is 8.58. The first-order chi connectivity index (χ1) is 11.1. The first-order valence-electron chi connectivity index (χ1n) is 8.56. The van der Waals surface area contributed by atoms with Crippen molar-refractivity contribution in [3.05, 3.63) is 52.1 Å². The highest BCUT2D eigenvalue weighted by atomic mass is 35.5. The first-order valence-corrected chi connectivity index (χ1v) is 8.94. The van der Waals surface area contributed by atoms with Crippen LogP contribution in [0.15, 0.2) is 35.9 Å². The van der Waals surface area contributed by atoms with Gasteiger partial charge < -0.3 is 9.31 Å². The molecular formula is C20H26BClO2. The zero-order chi connectivity index (χ0) is 17.7. The molecule has 4 heteroatoms. The monoisotopic (exact) mass is 344 g/mol. The van der Waals surface area contributed by atoms with E-state index in [-0.39, 0.29) is 16.9 Å². The van der Waals surface area contributed by atoms with E-state index in [0.29, 0.717) is 11.6 Å². The smallest absolute Gasteiger partial charge is 0.404 e. The normalized spacial score (nSPS) is 25.0. The molecule has 0 aromatic heterocycles. The number of aryl methyl sites for hydroxylation is 2. The van der Waals surface area contributed by atoms with Gasteiger partial charge in [-0.25, -0.2) is 0 Å². The molecule has 0 N–H and O–H groups in total. The molecule has 3 rings (SSSR count). The van der Waals surface area contributed by atoms with E-state index in [9.17, 15) is 0 Å². The lowest BCUT2D eigenvalue weighted by Gasteiger charge is -2.41. The predicted molar refractivity (Wildman–Crippen MR) is 102 cm³/mol. The number of hydrogen-bond donors (Lipinski definition) is 0. The first kappa shape index (κ1) is 17.8. The van der Waals surface area contributed by atoms with Crippen LogP contribution in [0.2, 0.25) is 5.02 Å². The average Bonchev–Trinajstić information content (AvgIpc) is 2.95. The molecule has 0 saturated carbocycles. The maximum atomic E-state index is 6.41. The summed E-state index contributed by atoms with van der Waals surface area (Å²) >= 11 is 6.41. The third kappa shape index (κ3) is 3.10. The lowest BCUT2D eigenvalue weighted by atomic mass is 9.64. The molecule has 1 saturated heterocycles. The number of benzene rings is 1. The molecule has 1 aromatic carbocycles. The minimum Gasteiger partial charge on any atom is -0.404 e. The summed E-state index contributed by atoms with van der Waals surface area (Å²) in [5.41, 5.74) is 4.71. The van der Waals surface area contributed by atoms with E-state index in [1.165, 1.54) is 16.7 Å². The predicted octanol–water partition coefficient (Wildman–Crippen LogP) is 4.62. The summed E-state index contributed by atoms with van der Waals surface area (Å²) in [7, 11) is -0.394. The summed E-state index contributed by atoms with van der Waals surface area (Å²) in [4.78, 5) is 0. The third-order valence-electron chi connectivity index (χ3n) is 5.81. The van der Waals surface area contributed by atoms with Crippen molar-refractivity contribution >= 4 is 24.2 Å². The maximum absolute atomic E-state index is 6.41. The molecule has 1 unspecified atom stereocenters. The van der Waals surface area contributed by atoms with Crippen LogP contribution in [-0.2, 0) is 9.31 Å². The SMILES string of the molecule is Cc1cc(Cl)c(B2OCC(C3=CC(C)(C)C(C)(C)C=C3)O2)cc1C. The molecule has 1 aliphatic heterocycles. The van der Waals surface area contributed by atoms with Gasteiger partial charge >= 0.3 is 7.12 Å². The van der Waals surface area contributed by atoms with Crippen LogP contribution in [0.4, 0.5) is 0 Å². The number of rotatable bonds is 2. The molecule has 1 aromatic rings. The van der Waals surface area contributed by atoms with Crippen LogP contribution in [0.3, 0.4) is 0 Å². The third-order valence-corrected chi connectivity index (χ3v) is 6.13. The Morgan fingerprint density at radius 3 is 2.42 bits per heavy atom. The molecule has 128 valence electrons. The molecule has 0 bridgehead atoms. The van der Waals surface area contributed by atoms with E-state index >= 15 is 0 Å². The zero-order valence-corrected chi connectivity index (χ0v) is 16.2. The molecule has 24 heavy (non-hydrogen) atoms. The standard InChI is InChI=1S/C20H26BClO2/c1-13-9-16(17(22)10-14(13)2)21-23-12-18(24-21)15-7-8-19(3,4)20(5,6)11-15/h7-11,18H,12H2,1-6H3. The second kappa shape index (κ2) is 6.05. The van der Waals surface area contributed by atoms with Gasteiger partial charge in [0, 0.05) is 10.5 Å². The fourth-order valence-electron chi connectivity index (χ4n) is 3.09. The molecule has 1 fully saturated rings. The van der Waals surface area contributed by atoms with Gasteiger partial charge in [-0.05, 0) is 47.4 Å². The Kier molecular flexibility index (Phi) is 4.48. The second-order valence-electron chi connectivity index (χ2n) is 8.17. The Hall–Kier alpha value is -1.03. The van der Waals surface area contributed by atoms with Crippen molar-refractivity contribution in [1.29, 1.82) is 0 Å². The minimum absolute atomic E-state index is 0.0423. The molecule has 0 amide bonds. The van der Waals surface area contributed by atoms with Crippen molar-refractivity contribution in [3.8, 4) is 0 Å². The van der Waals surface area contributed by atoms with E-state index in [1.807, 2.05) is 6.07 Å². The molecule has 0 spiro atoms. The molecule has 2 nitrogen and oxygen atoms in total. The van der Waals surface area contributed by atoms with Gasteiger partial charge in [0.2, 0.25) is 0 Å². The largest absolute Gasteiger partial charge is 0.496 e. The Bertz CT molecular complexity index is 719. The number of allylic oxidation sites excluding steroid dienone is 2. The van der Waals surface area contributed by atoms with Crippen LogP contribution in [-0.4, -0.2) is 19.8 Å². The Labute approximate surface area is 151 Å². The maximum Gasteiger partial charge on any atom is 0.496 e. The zero-order valence-electron chi connectivity index (χ0n) is 15.4. The van der Waals surface area contributed by atoms with Crippen LogP contribution in [0.1, 0.15) is 38.8 Å². The van der Waals surface area contributed by atoms with Gasteiger partial charge in [-0.1, -0.05) is 63.6 Å². The fraction of sp³-hybridized carbons (Fsp3) is 0.500. The van der Waals surface area contributed by atoms with Gasteiger partial charge in [-0.2, -0.15) is 0 Å². The lowest BCUT2D eigenvalue weighted by Crippen LogP contribution is -2.35. The molecular weight excluding hydrogens is 318 g/mol. The summed E-state index contributed by atoms with van der Waals surface area (Å²) in [6.45, 7) is 13.8. The quantitative estimate of drug-likeness (QED) is 0.729. The van der Waals surface area contributed by atoms with E-state index < -0.39 is 7.12 Å². The van der Waals surface area contributed by atoms with E-state index in [2.05, 4.69) is 65.8 Å². The van der Waals surface area contributed by atoms with Gasteiger partial charge in [0.1, 0.15) is 0 Å². The molecule has 0 radical (unpaired) electrons. The van der Waals surface area contributed by atoms with Gasteiger partial charge in [-0.3, -0.25) is 0 Å². The van der Waals surface area contributed by atoms with Crippen LogP contribution in [0.5, 0.6) is 0 Å². The fourth-order valence-corrected chi connectivity index (χ4v) is 3.40. The average molecular weight is 345 g/mol. The van der Waals surface area contributed by atoms with Crippen molar-refractivity contribution < 1.29 is 9.31 Å². The van der Waals surface area contributed by atoms with Gasteiger partial charge in [-0.15, -0.1) is 0 Å².